The fourth-order valence-corrected chi connectivity index (χ4v) is 2.90. The van der Waals surface area contributed by atoms with Crippen molar-refractivity contribution in [3.8, 4) is 0 Å². The number of aromatic nitrogens is 2. The first-order valence-electron chi connectivity index (χ1n) is 6.34. The number of anilines is 1. The van der Waals surface area contributed by atoms with Gasteiger partial charge in [0.25, 0.3) is 0 Å². The summed E-state index contributed by atoms with van der Waals surface area (Å²) in [7, 11) is -3.65. The minimum Gasteiger partial charge on any atom is -0.469 e. The zero-order valence-electron chi connectivity index (χ0n) is 11.5. The van der Waals surface area contributed by atoms with E-state index in [-0.39, 0.29) is 16.9 Å². The summed E-state index contributed by atoms with van der Waals surface area (Å²) in [5, 5.41) is 0. The van der Waals surface area contributed by atoms with Crippen molar-refractivity contribution in [2.45, 2.75) is 30.7 Å². The monoisotopic (exact) mass is 311 g/mol. The second kappa shape index (κ2) is 6.66. The molecule has 21 heavy (non-hydrogen) atoms. The Labute approximate surface area is 122 Å². The largest absolute Gasteiger partial charge is 0.469 e. The van der Waals surface area contributed by atoms with Crippen molar-refractivity contribution in [3.05, 3.63) is 36.5 Å². The van der Waals surface area contributed by atoms with Crippen LogP contribution in [0, 0.1) is 0 Å². The van der Waals surface area contributed by atoms with Crippen LogP contribution in [0.5, 0.6) is 0 Å². The molecule has 0 aliphatic carbocycles. The van der Waals surface area contributed by atoms with Gasteiger partial charge in [-0.2, -0.15) is 0 Å². The van der Waals surface area contributed by atoms with E-state index in [9.17, 15) is 8.42 Å². The van der Waals surface area contributed by atoms with E-state index in [0.29, 0.717) is 12.8 Å². The lowest BCUT2D eigenvalue weighted by molar-refractivity contribution is 0.480. The van der Waals surface area contributed by atoms with E-state index in [0.717, 1.165) is 5.76 Å². The van der Waals surface area contributed by atoms with Crippen LogP contribution in [0.25, 0.3) is 0 Å². The maximum atomic E-state index is 12.1. The van der Waals surface area contributed by atoms with Crippen LogP contribution in [0.3, 0.4) is 0 Å². The van der Waals surface area contributed by atoms with Crippen LogP contribution < -0.4 is 16.0 Å². The Morgan fingerprint density at radius 2 is 2.10 bits per heavy atom. The number of hydrogen-bond acceptors (Lipinski definition) is 7. The van der Waals surface area contributed by atoms with Crippen molar-refractivity contribution in [1.29, 1.82) is 0 Å². The fraction of sp³-hybridized carbons (Fsp3) is 0.333. The number of aryl methyl sites for hydroxylation is 1. The molecule has 0 bridgehead atoms. The molecule has 0 aromatic carbocycles. The molecular weight excluding hydrogens is 294 g/mol. The van der Waals surface area contributed by atoms with Gasteiger partial charge in [-0.25, -0.2) is 29.0 Å². The lowest BCUT2D eigenvalue weighted by Crippen LogP contribution is -2.33. The number of furan rings is 1. The third kappa shape index (κ3) is 4.25. The predicted molar refractivity (Wildman–Crippen MR) is 76.7 cm³/mol. The Kier molecular flexibility index (Phi) is 4.89. The van der Waals surface area contributed by atoms with Crippen molar-refractivity contribution in [2.75, 3.05) is 5.43 Å². The van der Waals surface area contributed by atoms with Gasteiger partial charge in [0.2, 0.25) is 16.0 Å². The van der Waals surface area contributed by atoms with Gasteiger partial charge in [-0.3, -0.25) is 5.43 Å². The molecule has 0 aliphatic rings. The van der Waals surface area contributed by atoms with Crippen LogP contribution in [-0.4, -0.2) is 24.4 Å². The molecule has 4 N–H and O–H groups in total. The summed E-state index contributed by atoms with van der Waals surface area (Å²) in [6.45, 7) is 1.79. The number of nitrogens with two attached hydrogens (primary N) is 1. The van der Waals surface area contributed by atoms with Crippen molar-refractivity contribution in [1.82, 2.24) is 14.7 Å². The van der Waals surface area contributed by atoms with Crippen molar-refractivity contribution in [3.63, 3.8) is 0 Å². The maximum Gasteiger partial charge on any atom is 0.243 e. The Morgan fingerprint density at radius 1 is 1.38 bits per heavy atom. The van der Waals surface area contributed by atoms with E-state index in [4.69, 9.17) is 10.3 Å². The highest BCUT2D eigenvalue weighted by Gasteiger charge is 2.18. The molecule has 9 heteroatoms. The smallest absolute Gasteiger partial charge is 0.243 e. The lowest BCUT2D eigenvalue weighted by Gasteiger charge is -2.13. The number of sulfonamides is 1. The van der Waals surface area contributed by atoms with Crippen LogP contribution in [0.4, 0.5) is 5.95 Å². The molecule has 0 amide bonds. The first kappa shape index (κ1) is 15.4. The minimum atomic E-state index is -3.65. The van der Waals surface area contributed by atoms with Crippen LogP contribution in [0.2, 0.25) is 0 Å². The minimum absolute atomic E-state index is 0.00801. The molecule has 2 rings (SSSR count). The summed E-state index contributed by atoms with van der Waals surface area (Å²) in [5.74, 6) is 6.10. The first-order chi connectivity index (χ1) is 10.0. The lowest BCUT2D eigenvalue weighted by atomic mass is 10.2. The number of rotatable bonds is 7. The SMILES string of the molecule is CC(CCc1ccco1)NS(=O)(=O)c1cnc(NN)nc1. The summed E-state index contributed by atoms with van der Waals surface area (Å²) >= 11 is 0. The van der Waals surface area contributed by atoms with Gasteiger partial charge >= 0.3 is 0 Å². The first-order valence-corrected chi connectivity index (χ1v) is 7.83. The molecule has 1 atom stereocenters. The second-order valence-corrected chi connectivity index (χ2v) is 6.24. The zero-order chi connectivity index (χ0) is 15.3. The van der Waals surface area contributed by atoms with Gasteiger partial charge < -0.3 is 4.42 Å². The van der Waals surface area contributed by atoms with E-state index in [1.807, 2.05) is 6.07 Å². The molecule has 2 heterocycles. The fourth-order valence-electron chi connectivity index (χ4n) is 1.73. The highest BCUT2D eigenvalue weighted by atomic mass is 32.2. The number of hydrazine groups is 1. The number of hydrogen-bond donors (Lipinski definition) is 3. The van der Waals surface area contributed by atoms with Crippen molar-refractivity contribution >= 4 is 16.0 Å². The highest BCUT2D eigenvalue weighted by Crippen LogP contribution is 2.10. The molecule has 0 radical (unpaired) electrons. The third-order valence-electron chi connectivity index (χ3n) is 2.83. The summed E-state index contributed by atoms with van der Waals surface area (Å²) in [6.07, 6.45) is 5.27. The third-order valence-corrected chi connectivity index (χ3v) is 4.37. The molecule has 2 aromatic heterocycles. The topological polar surface area (TPSA) is 123 Å². The number of nitrogens with one attached hydrogen (secondary N) is 2. The molecule has 1 unspecified atom stereocenters. The molecule has 8 nitrogen and oxygen atoms in total. The van der Waals surface area contributed by atoms with Gasteiger partial charge in [-0.1, -0.05) is 0 Å². The van der Waals surface area contributed by atoms with Crippen molar-refractivity contribution in [2.24, 2.45) is 5.84 Å². The average Bonchev–Trinajstić information content (AvgIpc) is 2.98. The Balaban J connectivity index is 1.95. The van der Waals surface area contributed by atoms with E-state index < -0.39 is 10.0 Å². The zero-order valence-corrected chi connectivity index (χ0v) is 12.3. The summed E-state index contributed by atoms with van der Waals surface area (Å²) in [6, 6.07) is 3.41. The summed E-state index contributed by atoms with van der Waals surface area (Å²) in [5.41, 5.74) is 2.23. The van der Waals surface area contributed by atoms with Gasteiger partial charge in [-0.15, -0.1) is 0 Å². The molecule has 0 spiro atoms. The Bertz CT molecular complexity index is 655. The molecule has 0 aliphatic heterocycles. The maximum absolute atomic E-state index is 12.1. The van der Waals surface area contributed by atoms with E-state index in [2.05, 4.69) is 20.1 Å². The van der Waals surface area contributed by atoms with E-state index in [1.54, 1.807) is 19.3 Å². The van der Waals surface area contributed by atoms with Crippen LogP contribution >= 0.6 is 0 Å². The van der Waals surface area contributed by atoms with Gasteiger partial charge in [-0.05, 0) is 25.5 Å². The molecule has 0 saturated carbocycles. The molecule has 2 aromatic rings. The standard InChI is InChI=1S/C12H17N5O3S/c1-9(4-5-10-3-2-6-20-10)17-21(18,19)11-7-14-12(16-13)15-8-11/h2-3,6-9,17H,4-5,13H2,1H3,(H,14,15,16). The molecular formula is C12H17N5O3S. The van der Waals surface area contributed by atoms with E-state index in [1.165, 1.54) is 12.4 Å². The van der Waals surface area contributed by atoms with Gasteiger partial charge in [0.1, 0.15) is 10.7 Å². The molecule has 114 valence electrons. The normalized spacial score (nSPS) is 13.0. The Morgan fingerprint density at radius 3 is 2.67 bits per heavy atom. The predicted octanol–water partition coefficient (Wildman–Crippen LogP) is 0.655. The van der Waals surface area contributed by atoms with Crippen LogP contribution in [0.15, 0.2) is 40.1 Å². The van der Waals surface area contributed by atoms with Gasteiger partial charge in [0.15, 0.2) is 0 Å². The average molecular weight is 311 g/mol. The van der Waals surface area contributed by atoms with Gasteiger partial charge in [0, 0.05) is 12.5 Å². The van der Waals surface area contributed by atoms with Crippen LogP contribution in [0.1, 0.15) is 19.1 Å². The number of nitrogens with zero attached hydrogens (tertiary/aromatic N) is 2. The highest BCUT2D eigenvalue weighted by molar-refractivity contribution is 7.89. The quantitative estimate of drug-likeness (QED) is 0.507. The summed E-state index contributed by atoms with van der Waals surface area (Å²) < 4.78 is 32.1. The van der Waals surface area contributed by atoms with Gasteiger partial charge in [0.05, 0.1) is 18.7 Å². The van der Waals surface area contributed by atoms with Crippen molar-refractivity contribution < 1.29 is 12.8 Å². The second-order valence-electron chi connectivity index (χ2n) is 4.53. The molecule has 0 fully saturated rings. The number of nitrogen functional groups attached to an aromatic ring is 1. The van der Waals surface area contributed by atoms with E-state index >= 15 is 0 Å². The molecule has 0 saturated heterocycles. The van der Waals surface area contributed by atoms with Crippen LogP contribution in [-0.2, 0) is 16.4 Å². The Hall–Kier alpha value is -1.97. The summed E-state index contributed by atoms with van der Waals surface area (Å²) in [4.78, 5) is 7.54.